The molecule has 0 aromatic carbocycles. The minimum atomic E-state index is 0. The fraction of sp³-hybridized carbons (Fsp3) is 1.00. The molecule has 1 rings (SSSR count). The third-order valence-corrected chi connectivity index (χ3v) is 1.40. The van der Waals surface area contributed by atoms with Gasteiger partial charge < -0.3 is 5.73 Å². The zero-order chi connectivity index (χ0) is 4.41. The van der Waals surface area contributed by atoms with E-state index in [1.807, 2.05) is 0 Å². The van der Waals surface area contributed by atoms with Crippen LogP contribution in [-0.4, -0.2) is 6.04 Å². The normalized spacial score (nSPS) is 17.0. The van der Waals surface area contributed by atoms with Crippen LogP contribution in [-0.2, 0) is 0 Å². The van der Waals surface area contributed by atoms with Gasteiger partial charge in [-0.05, 0) is 12.8 Å². The highest BCUT2D eigenvalue weighted by Gasteiger charge is 2.07. The predicted molar refractivity (Wildman–Crippen MR) is 48.2 cm³/mol. The molecule has 4 heteroatoms. The molecule has 2 N–H and O–H groups in total. The fourth-order valence-corrected chi connectivity index (χ4v) is 0.957. The number of rotatable bonds is 0. The molecule has 1 saturated carbocycles. The molecule has 9 heavy (non-hydrogen) atoms. The van der Waals surface area contributed by atoms with Gasteiger partial charge in [-0.25, -0.2) is 0 Å². The molecule has 1 fully saturated rings. The maximum Gasteiger partial charge on any atom is 0.00388 e. The summed E-state index contributed by atoms with van der Waals surface area (Å²) in [5, 5.41) is 0. The summed E-state index contributed by atoms with van der Waals surface area (Å²) in [4.78, 5) is 0. The maximum atomic E-state index is 5.53. The molecule has 60 valence electrons. The van der Waals surface area contributed by atoms with Gasteiger partial charge in [0.15, 0.2) is 0 Å². The summed E-state index contributed by atoms with van der Waals surface area (Å²) < 4.78 is 0. The van der Waals surface area contributed by atoms with Gasteiger partial charge in [0.05, 0.1) is 0 Å². The summed E-state index contributed by atoms with van der Waals surface area (Å²) in [6.45, 7) is 0. The zero-order valence-electron chi connectivity index (χ0n) is 5.21. The van der Waals surface area contributed by atoms with Crippen molar-refractivity contribution in [3.63, 3.8) is 0 Å². The van der Waals surface area contributed by atoms with Crippen molar-refractivity contribution in [3.8, 4) is 0 Å². The summed E-state index contributed by atoms with van der Waals surface area (Å²) in [5.74, 6) is 0. The minimum absolute atomic E-state index is 0. The van der Waals surface area contributed by atoms with Crippen LogP contribution in [0.4, 0.5) is 0 Å². The Labute approximate surface area is 75.0 Å². The lowest BCUT2D eigenvalue weighted by Crippen LogP contribution is -2.13. The molecule has 0 heterocycles. The van der Waals surface area contributed by atoms with Crippen LogP contribution in [0.3, 0.4) is 0 Å². The van der Waals surface area contributed by atoms with Gasteiger partial charge in [-0.3, -0.25) is 0 Å². The monoisotopic (exact) mass is 193 g/mol. The van der Waals surface area contributed by atoms with E-state index in [-0.39, 0.29) is 37.2 Å². The van der Waals surface area contributed by atoms with Crippen LogP contribution in [0.15, 0.2) is 0 Å². The Hall–Kier alpha value is 0.830. The third-order valence-electron chi connectivity index (χ3n) is 1.40. The first-order valence-corrected chi connectivity index (χ1v) is 2.65. The van der Waals surface area contributed by atoms with Gasteiger partial charge in [-0.1, -0.05) is 12.8 Å². The van der Waals surface area contributed by atoms with Gasteiger partial charge in [0.25, 0.3) is 0 Å². The van der Waals surface area contributed by atoms with Crippen molar-refractivity contribution in [2.45, 2.75) is 31.7 Å². The molecule has 0 atom stereocenters. The average molecular weight is 195 g/mol. The Kier molecular flexibility index (Phi) is 16.1. The SMILES string of the molecule is Cl.Cl.Cl.NC1CCCC1. The van der Waals surface area contributed by atoms with Gasteiger partial charge >= 0.3 is 0 Å². The molecule has 0 aromatic rings. The van der Waals surface area contributed by atoms with Crippen molar-refractivity contribution >= 4 is 37.2 Å². The Balaban J connectivity index is -0.000000120. The second-order valence-electron chi connectivity index (χ2n) is 2.04. The largest absolute Gasteiger partial charge is 0.328 e. The lowest BCUT2D eigenvalue weighted by molar-refractivity contribution is 0.704. The Morgan fingerprint density at radius 1 is 0.889 bits per heavy atom. The van der Waals surface area contributed by atoms with E-state index in [4.69, 9.17) is 5.73 Å². The number of nitrogens with two attached hydrogens (primary N) is 1. The second kappa shape index (κ2) is 8.83. The summed E-state index contributed by atoms with van der Waals surface area (Å²) >= 11 is 0. The summed E-state index contributed by atoms with van der Waals surface area (Å²) in [6.07, 6.45) is 5.25. The highest BCUT2D eigenvalue weighted by molar-refractivity contribution is 5.86. The average Bonchev–Trinajstić information content (AvgIpc) is 1.86. The molecule has 0 amide bonds. The van der Waals surface area contributed by atoms with Crippen LogP contribution in [0.1, 0.15) is 25.7 Å². The quantitative estimate of drug-likeness (QED) is 0.628. The summed E-state index contributed by atoms with van der Waals surface area (Å²) in [6, 6.07) is 0.546. The van der Waals surface area contributed by atoms with Gasteiger partial charge in [-0.15, -0.1) is 37.2 Å². The molecule has 1 aliphatic carbocycles. The Morgan fingerprint density at radius 2 is 1.22 bits per heavy atom. The molecule has 0 aromatic heterocycles. The van der Waals surface area contributed by atoms with E-state index in [2.05, 4.69) is 0 Å². The van der Waals surface area contributed by atoms with Gasteiger partial charge in [0.1, 0.15) is 0 Å². The van der Waals surface area contributed by atoms with Gasteiger partial charge in [-0.2, -0.15) is 0 Å². The second-order valence-corrected chi connectivity index (χ2v) is 2.04. The van der Waals surface area contributed by atoms with E-state index in [1.165, 1.54) is 25.7 Å². The van der Waals surface area contributed by atoms with E-state index < -0.39 is 0 Å². The van der Waals surface area contributed by atoms with Crippen molar-refractivity contribution in [2.24, 2.45) is 5.73 Å². The van der Waals surface area contributed by atoms with Crippen LogP contribution in [0, 0.1) is 0 Å². The molecule has 0 radical (unpaired) electrons. The van der Waals surface area contributed by atoms with E-state index in [1.54, 1.807) is 0 Å². The lowest BCUT2D eigenvalue weighted by atomic mass is 10.3. The zero-order valence-corrected chi connectivity index (χ0v) is 7.66. The first-order chi connectivity index (χ1) is 2.89. The molecule has 0 saturated heterocycles. The van der Waals surface area contributed by atoms with Crippen LogP contribution >= 0.6 is 37.2 Å². The highest BCUT2D eigenvalue weighted by atomic mass is 35.5. The first-order valence-electron chi connectivity index (χ1n) is 2.65. The van der Waals surface area contributed by atoms with E-state index >= 15 is 0 Å². The molecular weight excluding hydrogens is 180 g/mol. The highest BCUT2D eigenvalue weighted by Crippen LogP contribution is 2.14. The fourth-order valence-electron chi connectivity index (χ4n) is 0.957. The van der Waals surface area contributed by atoms with Crippen molar-refractivity contribution < 1.29 is 0 Å². The number of halogens is 3. The Morgan fingerprint density at radius 3 is 1.33 bits per heavy atom. The minimum Gasteiger partial charge on any atom is -0.328 e. The van der Waals surface area contributed by atoms with Crippen molar-refractivity contribution in [1.82, 2.24) is 0 Å². The maximum absolute atomic E-state index is 5.53. The van der Waals surface area contributed by atoms with E-state index in [0.29, 0.717) is 6.04 Å². The van der Waals surface area contributed by atoms with Gasteiger partial charge in [0, 0.05) is 6.04 Å². The molecule has 1 aliphatic rings. The molecule has 0 aliphatic heterocycles. The number of hydrogen-bond donors (Lipinski definition) is 1. The third kappa shape index (κ3) is 6.72. The summed E-state index contributed by atoms with van der Waals surface area (Å²) in [5.41, 5.74) is 5.53. The smallest absolute Gasteiger partial charge is 0.00388 e. The predicted octanol–water partition coefficient (Wildman–Crippen LogP) is 2.15. The topological polar surface area (TPSA) is 26.0 Å². The van der Waals surface area contributed by atoms with Gasteiger partial charge in [0.2, 0.25) is 0 Å². The van der Waals surface area contributed by atoms with Crippen LogP contribution in [0.5, 0.6) is 0 Å². The van der Waals surface area contributed by atoms with Crippen LogP contribution in [0.2, 0.25) is 0 Å². The number of hydrogen-bond acceptors (Lipinski definition) is 1. The van der Waals surface area contributed by atoms with Crippen LogP contribution < -0.4 is 5.73 Å². The molecule has 1 nitrogen and oxygen atoms in total. The summed E-state index contributed by atoms with van der Waals surface area (Å²) in [7, 11) is 0. The molecule has 0 bridgehead atoms. The standard InChI is InChI=1S/C5H11N.3ClH/c6-5-3-1-2-4-5;;;/h5H,1-4,6H2;3*1H. The van der Waals surface area contributed by atoms with E-state index in [0.717, 1.165) is 0 Å². The van der Waals surface area contributed by atoms with E-state index in [9.17, 15) is 0 Å². The van der Waals surface area contributed by atoms with Crippen molar-refractivity contribution in [1.29, 1.82) is 0 Å². The van der Waals surface area contributed by atoms with Crippen molar-refractivity contribution in [2.75, 3.05) is 0 Å². The molecule has 0 spiro atoms. The first kappa shape index (κ1) is 16.4. The molecular formula is C5H14Cl3N. The molecule has 0 unspecified atom stereocenters. The lowest BCUT2D eigenvalue weighted by Gasteiger charge is -1.92. The van der Waals surface area contributed by atoms with Crippen LogP contribution in [0.25, 0.3) is 0 Å². The van der Waals surface area contributed by atoms with Crippen molar-refractivity contribution in [3.05, 3.63) is 0 Å². The Bertz CT molecular complexity index is 45.5.